The van der Waals surface area contributed by atoms with Gasteiger partial charge in [0.2, 0.25) is 15.5 Å². The summed E-state index contributed by atoms with van der Waals surface area (Å²) < 4.78 is 34.9. The van der Waals surface area contributed by atoms with E-state index in [2.05, 4.69) is 10.0 Å². The Hall–Kier alpha value is -3.43. The Morgan fingerprint density at radius 1 is 1.03 bits per heavy atom. The lowest BCUT2D eigenvalue weighted by molar-refractivity contribution is 0.0927. The number of pyridine rings is 1. The topological polar surface area (TPSA) is 106 Å². The van der Waals surface area contributed by atoms with Crippen LogP contribution in [0.15, 0.2) is 76.4 Å². The highest BCUT2D eigenvalue weighted by Crippen LogP contribution is 2.18. The molecular formula is C24H27N3O5S. The van der Waals surface area contributed by atoms with Gasteiger partial charge in [-0.2, -0.15) is 0 Å². The Morgan fingerprint density at radius 2 is 1.64 bits per heavy atom. The lowest BCUT2D eigenvalue weighted by atomic mass is 10.2. The number of hydrogen-bond acceptors (Lipinski definition) is 5. The van der Waals surface area contributed by atoms with Crippen LogP contribution in [0.2, 0.25) is 0 Å². The highest BCUT2D eigenvalue weighted by molar-refractivity contribution is 7.89. The number of benzene rings is 2. The van der Waals surface area contributed by atoms with Crippen molar-refractivity contribution in [3.63, 3.8) is 0 Å². The van der Waals surface area contributed by atoms with Crippen molar-refractivity contribution in [3.05, 3.63) is 93.9 Å². The van der Waals surface area contributed by atoms with Crippen molar-refractivity contribution in [2.45, 2.75) is 37.9 Å². The van der Waals surface area contributed by atoms with Gasteiger partial charge in [0, 0.05) is 24.8 Å². The minimum atomic E-state index is -3.79. The Bertz CT molecular complexity index is 1270. The fourth-order valence-electron chi connectivity index (χ4n) is 3.20. The molecule has 0 aliphatic carbocycles. The smallest absolute Gasteiger partial charge is 0.272 e. The predicted molar refractivity (Wildman–Crippen MR) is 126 cm³/mol. The standard InChI is InChI=1S/C24H27N3O5S/c1-17(2)26-24(29)22-23(32-16-18-10-6-4-7-11-18)21(28)14-19(27(22)3)15-25-33(30,31)20-12-8-5-9-13-20/h4-14,17,25H,15-16H2,1-3H3,(H,26,29). The molecule has 174 valence electrons. The Morgan fingerprint density at radius 3 is 2.24 bits per heavy atom. The molecule has 0 saturated carbocycles. The van der Waals surface area contributed by atoms with Crippen molar-refractivity contribution in [2.75, 3.05) is 0 Å². The number of nitrogens with one attached hydrogen (secondary N) is 2. The largest absolute Gasteiger partial charge is 0.483 e. The summed E-state index contributed by atoms with van der Waals surface area (Å²) in [7, 11) is -2.20. The van der Waals surface area contributed by atoms with Gasteiger partial charge < -0.3 is 14.6 Å². The first kappa shape index (κ1) is 24.2. The maximum Gasteiger partial charge on any atom is 0.272 e. The fourth-order valence-corrected chi connectivity index (χ4v) is 4.22. The summed E-state index contributed by atoms with van der Waals surface area (Å²) >= 11 is 0. The summed E-state index contributed by atoms with van der Waals surface area (Å²) in [5.74, 6) is -0.574. The van der Waals surface area contributed by atoms with Gasteiger partial charge in [0.15, 0.2) is 11.4 Å². The highest BCUT2D eigenvalue weighted by atomic mass is 32.2. The van der Waals surface area contributed by atoms with Gasteiger partial charge in [-0.05, 0) is 31.5 Å². The molecule has 33 heavy (non-hydrogen) atoms. The maximum absolute atomic E-state index is 12.9. The zero-order chi connectivity index (χ0) is 24.0. The minimum absolute atomic E-state index is 0.0287. The van der Waals surface area contributed by atoms with Crippen LogP contribution < -0.4 is 20.2 Å². The van der Waals surface area contributed by atoms with Crippen LogP contribution in [0.3, 0.4) is 0 Å². The number of sulfonamides is 1. The van der Waals surface area contributed by atoms with Crippen LogP contribution in [0.4, 0.5) is 0 Å². The number of amides is 1. The molecule has 0 bridgehead atoms. The van der Waals surface area contributed by atoms with Gasteiger partial charge in [-0.25, -0.2) is 13.1 Å². The van der Waals surface area contributed by atoms with Crippen LogP contribution in [-0.4, -0.2) is 24.9 Å². The highest BCUT2D eigenvalue weighted by Gasteiger charge is 2.23. The first-order valence-corrected chi connectivity index (χ1v) is 11.9. The van der Waals surface area contributed by atoms with Crippen LogP contribution in [0, 0.1) is 0 Å². The van der Waals surface area contributed by atoms with Crippen LogP contribution in [-0.2, 0) is 30.2 Å². The molecule has 0 atom stereocenters. The van der Waals surface area contributed by atoms with Gasteiger partial charge in [0.1, 0.15) is 6.61 Å². The molecule has 8 nitrogen and oxygen atoms in total. The van der Waals surface area contributed by atoms with Crippen molar-refractivity contribution in [2.24, 2.45) is 7.05 Å². The lowest BCUT2D eigenvalue weighted by Gasteiger charge is -2.19. The quantitative estimate of drug-likeness (QED) is 0.501. The second-order valence-electron chi connectivity index (χ2n) is 7.78. The second-order valence-corrected chi connectivity index (χ2v) is 9.54. The molecule has 2 N–H and O–H groups in total. The Labute approximate surface area is 193 Å². The SMILES string of the molecule is CC(C)NC(=O)c1c(OCc2ccccc2)c(=O)cc(CNS(=O)(=O)c2ccccc2)n1C. The zero-order valence-electron chi connectivity index (χ0n) is 18.7. The molecule has 1 heterocycles. The number of nitrogens with zero attached hydrogens (tertiary/aromatic N) is 1. The number of hydrogen-bond donors (Lipinski definition) is 2. The third kappa shape index (κ3) is 6.09. The van der Waals surface area contributed by atoms with Crippen LogP contribution >= 0.6 is 0 Å². The summed E-state index contributed by atoms with van der Waals surface area (Å²) in [5, 5.41) is 2.77. The number of ether oxygens (including phenoxy) is 1. The van der Waals surface area contributed by atoms with Crippen LogP contribution in [0.5, 0.6) is 5.75 Å². The van der Waals surface area contributed by atoms with E-state index in [-0.39, 0.29) is 35.5 Å². The fraction of sp³-hybridized carbons (Fsp3) is 0.250. The lowest BCUT2D eigenvalue weighted by Crippen LogP contribution is -2.35. The number of carbonyl (C=O) groups is 1. The Balaban J connectivity index is 1.94. The van der Waals surface area contributed by atoms with E-state index in [9.17, 15) is 18.0 Å². The Kier molecular flexibility index (Phi) is 7.67. The van der Waals surface area contributed by atoms with E-state index >= 15 is 0 Å². The third-order valence-corrected chi connectivity index (χ3v) is 6.28. The molecule has 1 amide bonds. The molecule has 0 spiro atoms. The van der Waals surface area contributed by atoms with Crippen molar-refractivity contribution in [3.8, 4) is 5.75 Å². The average Bonchev–Trinajstić information content (AvgIpc) is 2.79. The van der Waals surface area contributed by atoms with E-state index in [0.717, 1.165) is 5.56 Å². The molecule has 0 radical (unpaired) electrons. The minimum Gasteiger partial charge on any atom is -0.483 e. The van der Waals surface area contributed by atoms with E-state index in [1.165, 1.54) is 22.8 Å². The monoisotopic (exact) mass is 469 g/mol. The summed E-state index contributed by atoms with van der Waals surface area (Å²) in [6.07, 6.45) is 0. The van der Waals surface area contributed by atoms with E-state index < -0.39 is 21.4 Å². The summed E-state index contributed by atoms with van der Waals surface area (Å²) in [5.41, 5.74) is 0.683. The summed E-state index contributed by atoms with van der Waals surface area (Å²) in [6, 6.07) is 18.3. The molecule has 0 saturated heterocycles. The van der Waals surface area contributed by atoms with Gasteiger partial charge in [0.05, 0.1) is 11.4 Å². The van der Waals surface area contributed by atoms with Gasteiger partial charge in [-0.3, -0.25) is 9.59 Å². The molecular weight excluding hydrogens is 442 g/mol. The van der Waals surface area contributed by atoms with Crippen molar-refractivity contribution in [1.29, 1.82) is 0 Å². The first-order valence-electron chi connectivity index (χ1n) is 10.4. The number of carbonyl (C=O) groups excluding carboxylic acids is 1. The molecule has 9 heteroatoms. The van der Waals surface area contributed by atoms with Crippen molar-refractivity contribution in [1.82, 2.24) is 14.6 Å². The molecule has 0 unspecified atom stereocenters. The van der Waals surface area contributed by atoms with E-state index in [4.69, 9.17) is 4.74 Å². The van der Waals surface area contributed by atoms with Crippen LogP contribution in [0.25, 0.3) is 0 Å². The number of aromatic nitrogens is 1. The first-order chi connectivity index (χ1) is 15.7. The van der Waals surface area contributed by atoms with Gasteiger partial charge in [0.25, 0.3) is 5.91 Å². The van der Waals surface area contributed by atoms with E-state index in [1.807, 2.05) is 30.3 Å². The maximum atomic E-state index is 12.9. The van der Waals surface area contributed by atoms with Crippen LogP contribution in [0.1, 0.15) is 35.6 Å². The third-order valence-electron chi connectivity index (χ3n) is 4.86. The average molecular weight is 470 g/mol. The molecule has 0 aliphatic rings. The van der Waals surface area contributed by atoms with Gasteiger partial charge >= 0.3 is 0 Å². The predicted octanol–water partition coefficient (Wildman–Crippen LogP) is 2.58. The van der Waals surface area contributed by atoms with Gasteiger partial charge in [-0.15, -0.1) is 0 Å². The van der Waals surface area contributed by atoms with Crippen molar-refractivity contribution >= 4 is 15.9 Å². The molecule has 1 aromatic heterocycles. The molecule has 0 aliphatic heterocycles. The number of rotatable bonds is 9. The molecule has 0 fully saturated rings. The van der Waals surface area contributed by atoms with E-state index in [0.29, 0.717) is 5.69 Å². The summed E-state index contributed by atoms with van der Waals surface area (Å²) in [4.78, 5) is 26.0. The molecule has 2 aromatic carbocycles. The second kappa shape index (κ2) is 10.5. The van der Waals surface area contributed by atoms with Crippen molar-refractivity contribution < 1.29 is 17.9 Å². The van der Waals surface area contributed by atoms with E-state index in [1.54, 1.807) is 39.1 Å². The van der Waals surface area contributed by atoms with Gasteiger partial charge in [-0.1, -0.05) is 48.5 Å². The molecule has 3 rings (SSSR count). The normalized spacial score (nSPS) is 11.4. The molecule has 3 aromatic rings. The summed E-state index contributed by atoms with van der Waals surface area (Å²) in [6.45, 7) is 3.54. The zero-order valence-corrected chi connectivity index (χ0v) is 19.6.